The van der Waals surface area contributed by atoms with E-state index in [2.05, 4.69) is 22.3 Å². The van der Waals surface area contributed by atoms with Crippen LogP contribution in [-0.4, -0.2) is 42.6 Å². The van der Waals surface area contributed by atoms with E-state index < -0.39 is 0 Å². The molecule has 136 valence electrons. The summed E-state index contributed by atoms with van der Waals surface area (Å²) < 4.78 is 6.07. The number of nitrogens with one attached hydrogen (secondary N) is 1. The summed E-state index contributed by atoms with van der Waals surface area (Å²) in [6.45, 7) is 4.38. The minimum atomic E-state index is -0.0581. The van der Waals surface area contributed by atoms with Crippen molar-refractivity contribution in [3.05, 3.63) is 70.2 Å². The quantitative estimate of drug-likeness (QED) is 0.897. The van der Waals surface area contributed by atoms with Crippen molar-refractivity contribution >= 4 is 17.5 Å². The Morgan fingerprint density at radius 1 is 1.19 bits per heavy atom. The number of aryl methyl sites for hydroxylation is 1. The van der Waals surface area contributed by atoms with Gasteiger partial charge < -0.3 is 10.1 Å². The Bertz CT molecular complexity index is 796. The second-order valence-corrected chi connectivity index (χ2v) is 7.62. The molecule has 2 fully saturated rings. The van der Waals surface area contributed by atoms with Crippen molar-refractivity contribution in [2.45, 2.75) is 31.5 Å². The number of nitrogens with zero attached hydrogens (tertiary/aromatic N) is 1. The van der Waals surface area contributed by atoms with Crippen LogP contribution in [0.4, 0.5) is 0 Å². The normalized spacial score (nSPS) is 25.7. The number of rotatable bonds is 3. The van der Waals surface area contributed by atoms with E-state index in [1.54, 1.807) is 6.07 Å². The van der Waals surface area contributed by atoms with Crippen molar-refractivity contribution in [1.82, 2.24) is 10.2 Å². The second-order valence-electron chi connectivity index (χ2n) is 7.21. The molecule has 0 radical (unpaired) electrons. The second kappa shape index (κ2) is 7.39. The summed E-state index contributed by atoms with van der Waals surface area (Å²) in [6, 6.07) is 16.3. The van der Waals surface area contributed by atoms with Crippen LogP contribution in [0.1, 0.15) is 34.0 Å². The minimum Gasteiger partial charge on any atom is -0.371 e. The molecule has 0 saturated carbocycles. The van der Waals surface area contributed by atoms with E-state index in [9.17, 15) is 4.79 Å². The Kier molecular flexibility index (Phi) is 4.98. The molecule has 3 atom stereocenters. The van der Waals surface area contributed by atoms with Crippen LogP contribution in [0.15, 0.2) is 48.5 Å². The maximum absolute atomic E-state index is 12.5. The standard InChI is InChI=1S/C21H23ClN2O2/c1-14-7-8-16(9-19(14)22)21(25)23-17-10-18-13-26-20(12-24(18)11-17)15-5-3-2-4-6-15/h2-9,17-18,20H,10-13H2,1H3,(H,23,25)/t17-,18-,20+/m0/s1. The summed E-state index contributed by atoms with van der Waals surface area (Å²) in [6.07, 6.45) is 1.03. The highest BCUT2D eigenvalue weighted by molar-refractivity contribution is 6.31. The topological polar surface area (TPSA) is 41.6 Å². The highest BCUT2D eigenvalue weighted by Crippen LogP contribution is 2.30. The van der Waals surface area contributed by atoms with Crippen molar-refractivity contribution in [2.75, 3.05) is 19.7 Å². The van der Waals surface area contributed by atoms with Gasteiger partial charge in [-0.25, -0.2) is 0 Å². The van der Waals surface area contributed by atoms with Crippen LogP contribution < -0.4 is 5.32 Å². The van der Waals surface area contributed by atoms with Crippen molar-refractivity contribution in [3.63, 3.8) is 0 Å². The lowest BCUT2D eigenvalue weighted by Crippen LogP contribution is -2.43. The Balaban J connectivity index is 1.37. The smallest absolute Gasteiger partial charge is 0.251 e. The van der Waals surface area contributed by atoms with E-state index in [1.165, 1.54) is 5.56 Å². The highest BCUT2D eigenvalue weighted by atomic mass is 35.5. The van der Waals surface area contributed by atoms with Gasteiger partial charge in [-0.3, -0.25) is 9.69 Å². The molecular formula is C21H23ClN2O2. The van der Waals surface area contributed by atoms with Crippen molar-refractivity contribution in [3.8, 4) is 0 Å². The average molecular weight is 371 g/mol. The van der Waals surface area contributed by atoms with Gasteiger partial charge in [-0.15, -0.1) is 0 Å². The van der Waals surface area contributed by atoms with Gasteiger partial charge in [0.1, 0.15) is 0 Å². The van der Waals surface area contributed by atoms with Crippen LogP contribution in [0.3, 0.4) is 0 Å². The number of hydrogen-bond acceptors (Lipinski definition) is 3. The lowest BCUT2D eigenvalue weighted by atomic mass is 10.1. The molecule has 2 aliphatic rings. The fourth-order valence-electron chi connectivity index (χ4n) is 3.85. The van der Waals surface area contributed by atoms with Gasteiger partial charge in [-0.1, -0.05) is 48.0 Å². The number of halogens is 1. The van der Waals surface area contributed by atoms with Gasteiger partial charge in [0.15, 0.2) is 0 Å². The first-order chi connectivity index (χ1) is 12.6. The molecule has 4 rings (SSSR count). The predicted octanol–water partition coefficient (Wildman–Crippen LogP) is 3.59. The van der Waals surface area contributed by atoms with Gasteiger partial charge in [0.25, 0.3) is 5.91 Å². The molecule has 1 N–H and O–H groups in total. The fourth-order valence-corrected chi connectivity index (χ4v) is 4.03. The first-order valence-electron chi connectivity index (χ1n) is 9.08. The maximum Gasteiger partial charge on any atom is 0.251 e. The Morgan fingerprint density at radius 3 is 2.77 bits per heavy atom. The maximum atomic E-state index is 12.5. The third-order valence-corrected chi connectivity index (χ3v) is 5.77. The molecule has 4 nitrogen and oxygen atoms in total. The number of benzene rings is 2. The fraction of sp³-hybridized carbons (Fsp3) is 0.381. The summed E-state index contributed by atoms with van der Waals surface area (Å²) in [5.41, 5.74) is 2.81. The number of fused-ring (bicyclic) bond motifs is 1. The average Bonchev–Trinajstić information content (AvgIpc) is 3.06. The number of hydrogen-bond donors (Lipinski definition) is 1. The number of ether oxygens (including phenoxy) is 1. The van der Waals surface area contributed by atoms with Gasteiger partial charge in [0, 0.05) is 35.8 Å². The van der Waals surface area contributed by atoms with Crippen LogP contribution in [0, 0.1) is 6.92 Å². The summed E-state index contributed by atoms with van der Waals surface area (Å²) in [5.74, 6) is -0.0581. The van der Waals surface area contributed by atoms with E-state index >= 15 is 0 Å². The monoisotopic (exact) mass is 370 g/mol. The molecule has 2 heterocycles. The molecule has 2 aliphatic heterocycles. The zero-order valence-electron chi connectivity index (χ0n) is 14.8. The molecule has 5 heteroatoms. The Morgan fingerprint density at radius 2 is 2.00 bits per heavy atom. The van der Waals surface area contributed by atoms with Crippen molar-refractivity contribution < 1.29 is 9.53 Å². The van der Waals surface area contributed by atoms with Gasteiger partial charge in [0.2, 0.25) is 0 Å². The zero-order valence-corrected chi connectivity index (χ0v) is 15.6. The van der Waals surface area contributed by atoms with E-state index in [4.69, 9.17) is 16.3 Å². The largest absolute Gasteiger partial charge is 0.371 e. The summed E-state index contributed by atoms with van der Waals surface area (Å²) in [5, 5.41) is 3.78. The SMILES string of the molecule is Cc1ccc(C(=O)N[C@H]2C[C@H]3CO[C@@H](c4ccccc4)CN3C2)cc1Cl. The lowest BCUT2D eigenvalue weighted by Gasteiger charge is -2.35. The number of morpholine rings is 1. The van der Waals surface area contributed by atoms with Gasteiger partial charge >= 0.3 is 0 Å². The summed E-state index contributed by atoms with van der Waals surface area (Å²) in [7, 11) is 0. The highest BCUT2D eigenvalue weighted by Gasteiger charge is 2.38. The number of carbonyl (C=O) groups excluding carboxylic acids is 1. The molecule has 2 saturated heterocycles. The van der Waals surface area contributed by atoms with E-state index in [-0.39, 0.29) is 18.1 Å². The van der Waals surface area contributed by atoms with Crippen LogP contribution in [0.25, 0.3) is 0 Å². The molecule has 26 heavy (non-hydrogen) atoms. The zero-order chi connectivity index (χ0) is 18.1. The summed E-state index contributed by atoms with van der Waals surface area (Å²) >= 11 is 6.14. The molecule has 0 bridgehead atoms. The van der Waals surface area contributed by atoms with Crippen LogP contribution in [0.5, 0.6) is 0 Å². The first-order valence-corrected chi connectivity index (χ1v) is 9.45. The molecule has 2 aromatic rings. The lowest BCUT2D eigenvalue weighted by molar-refractivity contribution is -0.0502. The molecule has 0 aliphatic carbocycles. The van der Waals surface area contributed by atoms with Gasteiger partial charge in [-0.05, 0) is 36.6 Å². The number of amides is 1. The van der Waals surface area contributed by atoms with E-state index in [1.807, 2.05) is 37.3 Å². The molecule has 0 aromatic heterocycles. The number of carbonyl (C=O) groups is 1. The third kappa shape index (κ3) is 3.63. The molecule has 0 unspecified atom stereocenters. The van der Waals surface area contributed by atoms with Crippen molar-refractivity contribution in [2.24, 2.45) is 0 Å². The summed E-state index contributed by atoms with van der Waals surface area (Å²) in [4.78, 5) is 15.0. The molecular weight excluding hydrogens is 348 g/mol. The van der Waals surface area contributed by atoms with Crippen LogP contribution >= 0.6 is 11.6 Å². The first kappa shape index (κ1) is 17.5. The molecule has 1 amide bonds. The van der Waals surface area contributed by atoms with E-state index in [0.29, 0.717) is 23.2 Å². The Hall–Kier alpha value is -1.88. The van der Waals surface area contributed by atoms with Crippen LogP contribution in [-0.2, 0) is 4.74 Å². The Labute approximate surface area is 159 Å². The van der Waals surface area contributed by atoms with Gasteiger partial charge in [0.05, 0.1) is 12.7 Å². The molecule has 2 aromatic carbocycles. The van der Waals surface area contributed by atoms with Gasteiger partial charge in [-0.2, -0.15) is 0 Å². The van der Waals surface area contributed by atoms with E-state index in [0.717, 1.165) is 25.1 Å². The van der Waals surface area contributed by atoms with Crippen molar-refractivity contribution in [1.29, 1.82) is 0 Å². The predicted molar refractivity (Wildman–Crippen MR) is 103 cm³/mol. The van der Waals surface area contributed by atoms with Crippen LogP contribution in [0.2, 0.25) is 5.02 Å². The third-order valence-electron chi connectivity index (χ3n) is 5.36. The minimum absolute atomic E-state index is 0.0581. The molecule has 0 spiro atoms.